The van der Waals surface area contributed by atoms with Crippen molar-refractivity contribution in [1.29, 1.82) is 0 Å². The smallest absolute Gasteiger partial charge is 0.228 e. The van der Waals surface area contributed by atoms with Crippen molar-refractivity contribution in [2.45, 2.75) is 56.0 Å². The number of benzene rings is 1. The fourth-order valence-electron chi connectivity index (χ4n) is 3.73. The first-order chi connectivity index (χ1) is 13.8. The first kappa shape index (κ1) is 17.8. The summed E-state index contributed by atoms with van der Waals surface area (Å²) in [7, 11) is 0. The van der Waals surface area contributed by atoms with Gasteiger partial charge in [-0.1, -0.05) is 30.0 Å². The van der Waals surface area contributed by atoms with Crippen LogP contribution >= 0.6 is 11.8 Å². The minimum atomic E-state index is 0.563. The second-order valence-corrected chi connectivity index (χ2v) is 8.55. The highest BCUT2D eigenvalue weighted by atomic mass is 32.2. The summed E-state index contributed by atoms with van der Waals surface area (Å²) >= 11 is 1.72. The van der Waals surface area contributed by atoms with Gasteiger partial charge in [0, 0.05) is 30.4 Å². The molecular weight excluding hydrogens is 370 g/mol. The highest BCUT2D eigenvalue weighted by Crippen LogP contribution is 2.42. The van der Waals surface area contributed by atoms with E-state index in [9.17, 15) is 0 Å². The van der Waals surface area contributed by atoms with E-state index in [4.69, 9.17) is 9.40 Å². The third-order valence-corrected chi connectivity index (χ3v) is 6.40. The third-order valence-electron chi connectivity index (χ3n) is 5.45. The van der Waals surface area contributed by atoms with Crippen LogP contribution in [-0.2, 0) is 5.75 Å². The normalized spacial score (nSPS) is 17.2. The molecule has 0 spiro atoms. The van der Waals surface area contributed by atoms with Gasteiger partial charge in [-0.3, -0.25) is 4.57 Å². The maximum absolute atomic E-state index is 5.90. The summed E-state index contributed by atoms with van der Waals surface area (Å²) < 4.78 is 8.27. The number of oxazole rings is 1. The van der Waals surface area contributed by atoms with Crippen LogP contribution in [0.25, 0.3) is 11.5 Å². The SMILES string of the molecule is Cc1oc(-c2ccccc2)nc1CSc1nnc(N2CCCCC2)n1C1CC1. The topological polar surface area (TPSA) is 60.0 Å². The summed E-state index contributed by atoms with van der Waals surface area (Å²) in [6, 6.07) is 10.6. The molecule has 28 heavy (non-hydrogen) atoms. The molecule has 2 fully saturated rings. The lowest BCUT2D eigenvalue weighted by Gasteiger charge is -2.27. The molecule has 2 aromatic heterocycles. The Hall–Kier alpha value is -2.28. The molecule has 7 heteroatoms. The van der Waals surface area contributed by atoms with Gasteiger partial charge < -0.3 is 9.32 Å². The molecule has 1 aliphatic heterocycles. The molecule has 6 nitrogen and oxygen atoms in total. The minimum absolute atomic E-state index is 0.563. The quantitative estimate of drug-likeness (QED) is 0.556. The van der Waals surface area contributed by atoms with E-state index in [0.29, 0.717) is 11.9 Å². The average Bonchev–Trinajstić information content (AvgIpc) is 3.39. The lowest BCUT2D eigenvalue weighted by Crippen LogP contribution is -2.31. The Balaban J connectivity index is 1.35. The zero-order chi connectivity index (χ0) is 18.9. The highest BCUT2D eigenvalue weighted by molar-refractivity contribution is 7.98. The van der Waals surface area contributed by atoms with Crippen molar-refractivity contribution >= 4 is 17.7 Å². The van der Waals surface area contributed by atoms with E-state index in [0.717, 1.165) is 47.0 Å². The molecule has 1 aromatic carbocycles. The molecule has 0 unspecified atom stereocenters. The van der Waals surface area contributed by atoms with E-state index in [1.54, 1.807) is 11.8 Å². The number of aromatic nitrogens is 4. The van der Waals surface area contributed by atoms with E-state index < -0.39 is 0 Å². The number of aryl methyl sites for hydroxylation is 1. The zero-order valence-corrected chi connectivity index (χ0v) is 17.0. The van der Waals surface area contributed by atoms with Gasteiger partial charge in [0.05, 0.1) is 5.69 Å². The van der Waals surface area contributed by atoms with E-state index in [-0.39, 0.29) is 0 Å². The largest absolute Gasteiger partial charge is 0.441 e. The number of hydrogen-bond acceptors (Lipinski definition) is 6. The molecule has 0 amide bonds. The van der Waals surface area contributed by atoms with Crippen LogP contribution in [0.3, 0.4) is 0 Å². The van der Waals surface area contributed by atoms with E-state index >= 15 is 0 Å². The van der Waals surface area contributed by atoms with Crippen LogP contribution in [0.15, 0.2) is 39.9 Å². The lowest BCUT2D eigenvalue weighted by molar-refractivity contribution is 0.540. The molecule has 3 aromatic rings. The Bertz CT molecular complexity index is 941. The van der Waals surface area contributed by atoms with Crippen molar-refractivity contribution in [2.24, 2.45) is 0 Å². The molecule has 5 rings (SSSR count). The summed E-state index contributed by atoms with van der Waals surface area (Å²) in [4.78, 5) is 7.14. The van der Waals surface area contributed by atoms with Gasteiger partial charge >= 0.3 is 0 Å². The van der Waals surface area contributed by atoms with Crippen LogP contribution < -0.4 is 4.90 Å². The van der Waals surface area contributed by atoms with E-state index in [2.05, 4.69) is 19.7 Å². The molecule has 1 aliphatic carbocycles. The van der Waals surface area contributed by atoms with Crippen LogP contribution in [0.1, 0.15) is 49.6 Å². The van der Waals surface area contributed by atoms with Crippen molar-refractivity contribution in [3.63, 3.8) is 0 Å². The summed E-state index contributed by atoms with van der Waals surface area (Å²) in [5.41, 5.74) is 1.99. The molecule has 3 heterocycles. The summed E-state index contributed by atoms with van der Waals surface area (Å²) in [5, 5.41) is 10.1. The van der Waals surface area contributed by atoms with Crippen LogP contribution in [0.2, 0.25) is 0 Å². The summed E-state index contributed by atoms with van der Waals surface area (Å²) in [6.07, 6.45) is 6.28. The number of hydrogen-bond donors (Lipinski definition) is 0. The Kier molecular flexibility index (Phi) is 4.84. The fourth-order valence-corrected chi connectivity index (χ4v) is 4.73. The fraction of sp³-hybridized carbons (Fsp3) is 0.476. The molecule has 2 aliphatic rings. The van der Waals surface area contributed by atoms with Crippen LogP contribution in [0, 0.1) is 6.92 Å². The molecular formula is C21H25N5OS. The molecule has 0 bridgehead atoms. The molecule has 0 atom stereocenters. The van der Waals surface area contributed by atoms with Crippen LogP contribution in [0.4, 0.5) is 5.95 Å². The number of anilines is 1. The van der Waals surface area contributed by atoms with Gasteiger partial charge in [0.25, 0.3) is 0 Å². The highest BCUT2D eigenvalue weighted by Gasteiger charge is 2.32. The Morgan fingerprint density at radius 1 is 1.07 bits per heavy atom. The number of piperidine rings is 1. The number of thioether (sulfide) groups is 1. The Morgan fingerprint density at radius 2 is 1.86 bits per heavy atom. The predicted molar refractivity (Wildman–Crippen MR) is 111 cm³/mol. The first-order valence-electron chi connectivity index (χ1n) is 10.1. The van der Waals surface area contributed by atoms with Gasteiger partial charge in [0.2, 0.25) is 11.8 Å². The van der Waals surface area contributed by atoms with Gasteiger partial charge in [-0.05, 0) is 51.2 Å². The Labute approximate surface area is 169 Å². The molecule has 146 valence electrons. The van der Waals surface area contributed by atoms with Crippen molar-refractivity contribution in [3.05, 3.63) is 41.8 Å². The van der Waals surface area contributed by atoms with Crippen molar-refractivity contribution in [3.8, 4) is 11.5 Å². The molecule has 1 saturated carbocycles. The maximum Gasteiger partial charge on any atom is 0.228 e. The van der Waals surface area contributed by atoms with Gasteiger partial charge in [0.1, 0.15) is 5.76 Å². The molecule has 1 saturated heterocycles. The van der Waals surface area contributed by atoms with Gasteiger partial charge in [0.15, 0.2) is 5.16 Å². The zero-order valence-electron chi connectivity index (χ0n) is 16.2. The third kappa shape index (κ3) is 3.55. The molecule has 0 radical (unpaired) electrons. The van der Waals surface area contributed by atoms with Gasteiger partial charge in [-0.15, -0.1) is 10.2 Å². The second kappa shape index (κ2) is 7.62. The van der Waals surface area contributed by atoms with Gasteiger partial charge in [-0.2, -0.15) is 0 Å². The summed E-state index contributed by atoms with van der Waals surface area (Å²) in [5.74, 6) is 3.37. The number of rotatable bonds is 6. The van der Waals surface area contributed by atoms with Crippen molar-refractivity contribution in [1.82, 2.24) is 19.7 Å². The summed E-state index contributed by atoms with van der Waals surface area (Å²) in [6.45, 7) is 4.18. The first-order valence-corrected chi connectivity index (χ1v) is 11.1. The van der Waals surface area contributed by atoms with Crippen molar-refractivity contribution in [2.75, 3.05) is 18.0 Å². The maximum atomic E-state index is 5.90. The molecule has 0 N–H and O–H groups in total. The van der Waals surface area contributed by atoms with Crippen LogP contribution in [0.5, 0.6) is 0 Å². The predicted octanol–water partition coefficient (Wildman–Crippen LogP) is 4.86. The van der Waals surface area contributed by atoms with Crippen molar-refractivity contribution < 1.29 is 4.42 Å². The Morgan fingerprint density at radius 3 is 2.61 bits per heavy atom. The van der Waals surface area contributed by atoms with Crippen LogP contribution in [-0.4, -0.2) is 32.8 Å². The number of nitrogens with zero attached hydrogens (tertiary/aromatic N) is 5. The average molecular weight is 396 g/mol. The minimum Gasteiger partial charge on any atom is -0.441 e. The lowest BCUT2D eigenvalue weighted by atomic mass is 10.1. The van der Waals surface area contributed by atoms with E-state index in [1.807, 2.05) is 37.3 Å². The standard InChI is InChI=1S/C21H25N5OS/c1-15-18(22-19(27-15)16-8-4-2-5-9-16)14-28-21-24-23-20(26(21)17-10-11-17)25-12-6-3-7-13-25/h2,4-5,8-9,17H,3,6-7,10-14H2,1H3. The van der Waals surface area contributed by atoms with E-state index in [1.165, 1.54) is 32.1 Å². The monoisotopic (exact) mass is 395 g/mol. The van der Waals surface area contributed by atoms with Gasteiger partial charge in [-0.25, -0.2) is 4.98 Å². The second-order valence-electron chi connectivity index (χ2n) is 7.61.